The minimum atomic E-state index is -0.883. The summed E-state index contributed by atoms with van der Waals surface area (Å²) in [4.78, 5) is 43.3. The first-order valence-corrected chi connectivity index (χ1v) is 9.58. The number of piperazine rings is 1. The maximum atomic E-state index is 12.7. The van der Waals surface area contributed by atoms with E-state index in [9.17, 15) is 14.4 Å². The number of esters is 1. The Hall–Kier alpha value is -3.92. The van der Waals surface area contributed by atoms with Gasteiger partial charge in [0.1, 0.15) is 5.75 Å². The van der Waals surface area contributed by atoms with Crippen molar-refractivity contribution in [3.8, 4) is 5.75 Å². The van der Waals surface area contributed by atoms with Gasteiger partial charge in [0, 0.05) is 31.7 Å². The maximum absolute atomic E-state index is 12.7. The van der Waals surface area contributed by atoms with E-state index in [0.717, 1.165) is 0 Å². The molecule has 162 valence electrons. The number of ether oxygens (including phenoxy) is 1. The molecule has 0 atom stereocenters. The third-order valence-corrected chi connectivity index (χ3v) is 4.70. The Morgan fingerprint density at radius 1 is 0.968 bits per heavy atom. The molecule has 0 aromatic heterocycles. The Kier molecular flexibility index (Phi) is 6.83. The van der Waals surface area contributed by atoms with Gasteiger partial charge in [-0.25, -0.2) is 9.79 Å². The first-order chi connectivity index (χ1) is 14.8. The number of carbonyl (C=O) groups is 3. The molecule has 0 saturated carbocycles. The largest absolute Gasteiger partial charge is 0.480 e. The average molecular weight is 425 g/mol. The van der Waals surface area contributed by atoms with E-state index in [2.05, 4.69) is 4.99 Å². The van der Waals surface area contributed by atoms with E-state index < -0.39 is 11.9 Å². The number of amides is 1. The summed E-state index contributed by atoms with van der Waals surface area (Å²) < 4.78 is 5.38. The summed E-state index contributed by atoms with van der Waals surface area (Å²) in [5, 5.41) is 8.86. The van der Waals surface area contributed by atoms with Gasteiger partial charge in [-0.05, 0) is 36.4 Å². The topological polar surface area (TPSA) is 152 Å². The number of nitrogens with two attached hydrogens (primary N) is 2. The summed E-state index contributed by atoms with van der Waals surface area (Å²) in [6.07, 6.45) is 0. The van der Waals surface area contributed by atoms with E-state index in [4.69, 9.17) is 21.3 Å². The summed E-state index contributed by atoms with van der Waals surface area (Å²) in [6.45, 7) is 1.87. The molecule has 3 rings (SSSR count). The van der Waals surface area contributed by atoms with Gasteiger partial charge in [0.2, 0.25) is 0 Å². The molecule has 2 aromatic carbocycles. The molecule has 0 radical (unpaired) electrons. The van der Waals surface area contributed by atoms with Gasteiger partial charge in [-0.2, -0.15) is 0 Å². The predicted octanol–water partition coefficient (Wildman–Crippen LogP) is 0.653. The fourth-order valence-electron chi connectivity index (χ4n) is 3.19. The van der Waals surface area contributed by atoms with Crippen LogP contribution < -0.4 is 16.2 Å². The lowest BCUT2D eigenvalue weighted by Gasteiger charge is -2.33. The fraction of sp³-hybridized carbons (Fsp3) is 0.238. The van der Waals surface area contributed by atoms with Crippen LogP contribution in [0.5, 0.6) is 5.75 Å². The molecule has 10 nitrogen and oxygen atoms in total. The number of hydrogen-bond acceptors (Lipinski definition) is 6. The van der Waals surface area contributed by atoms with Crippen LogP contribution in [0.25, 0.3) is 0 Å². The second-order valence-electron chi connectivity index (χ2n) is 6.93. The molecule has 0 aliphatic carbocycles. The van der Waals surface area contributed by atoms with Crippen molar-refractivity contribution in [2.75, 3.05) is 32.7 Å². The number of benzene rings is 2. The minimum Gasteiger partial charge on any atom is -0.480 e. The average Bonchev–Trinajstić information content (AvgIpc) is 2.74. The molecule has 31 heavy (non-hydrogen) atoms. The van der Waals surface area contributed by atoms with Crippen LogP contribution in [0.4, 0.5) is 5.69 Å². The molecule has 0 spiro atoms. The molecular weight excluding hydrogens is 402 g/mol. The number of aliphatic carboxylic acids is 1. The van der Waals surface area contributed by atoms with Gasteiger partial charge in [0.15, 0.2) is 5.96 Å². The zero-order valence-corrected chi connectivity index (χ0v) is 16.7. The highest BCUT2D eigenvalue weighted by atomic mass is 16.5. The predicted molar refractivity (Wildman–Crippen MR) is 113 cm³/mol. The summed E-state index contributed by atoms with van der Waals surface area (Å²) >= 11 is 0. The number of nitrogens with zero attached hydrogens (tertiary/aromatic N) is 3. The highest BCUT2D eigenvalue weighted by Gasteiger charge is 2.23. The first-order valence-electron chi connectivity index (χ1n) is 9.58. The molecule has 5 N–H and O–H groups in total. The smallest absolute Gasteiger partial charge is 0.345 e. The molecule has 1 heterocycles. The van der Waals surface area contributed by atoms with E-state index in [-0.39, 0.29) is 29.7 Å². The second-order valence-corrected chi connectivity index (χ2v) is 6.93. The van der Waals surface area contributed by atoms with E-state index in [1.54, 1.807) is 46.2 Å². The SMILES string of the molecule is NC(N)=Nc1ccccc1C(=O)Oc1ccc(C(=O)N2CCN(CC(=O)O)CC2)cc1. The van der Waals surface area contributed by atoms with Gasteiger partial charge in [-0.1, -0.05) is 12.1 Å². The van der Waals surface area contributed by atoms with Crippen LogP contribution in [0, 0.1) is 0 Å². The normalized spacial score (nSPS) is 14.0. The summed E-state index contributed by atoms with van der Waals surface area (Å²) in [5.41, 5.74) is 11.7. The number of guanidine groups is 1. The lowest BCUT2D eigenvalue weighted by molar-refractivity contribution is -0.138. The van der Waals surface area contributed by atoms with Gasteiger partial charge in [0.05, 0.1) is 17.8 Å². The molecule has 10 heteroatoms. The van der Waals surface area contributed by atoms with E-state index in [0.29, 0.717) is 37.4 Å². The van der Waals surface area contributed by atoms with Gasteiger partial charge < -0.3 is 26.2 Å². The van der Waals surface area contributed by atoms with E-state index in [1.165, 1.54) is 12.1 Å². The zero-order valence-electron chi connectivity index (χ0n) is 16.7. The number of carbonyl (C=O) groups excluding carboxylic acids is 2. The Morgan fingerprint density at radius 3 is 2.23 bits per heavy atom. The van der Waals surface area contributed by atoms with Gasteiger partial charge in [-0.15, -0.1) is 0 Å². The molecule has 0 bridgehead atoms. The van der Waals surface area contributed by atoms with Crippen LogP contribution in [0.3, 0.4) is 0 Å². The molecule has 2 aromatic rings. The molecule has 1 fully saturated rings. The number of hydrogen-bond donors (Lipinski definition) is 3. The summed E-state index contributed by atoms with van der Waals surface area (Å²) in [5.74, 6) is -1.58. The minimum absolute atomic E-state index is 0.0333. The third kappa shape index (κ3) is 5.80. The van der Waals surface area contributed by atoms with Crippen molar-refractivity contribution in [1.82, 2.24) is 9.80 Å². The highest BCUT2D eigenvalue weighted by Crippen LogP contribution is 2.22. The number of carboxylic acids is 1. The van der Waals surface area contributed by atoms with Crippen molar-refractivity contribution in [2.24, 2.45) is 16.5 Å². The third-order valence-electron chi connectivity index (χ3n) is 4.70. The van der Waals surface area contributed by atoms with Gasteiger partial charge >= 0.3 is 11.9 Å². The Balaban J connectivity index is 1.62. The Bertz CT molecular complexity index is 993. The van der Waals surface area contributed by atoms with Gasteiger partial charge in [-0.3, -0.25) is 14.5 Å². The Morgan fingerprint density at radius 2 is 1.61 bits per heavy atom. The van der Waals surface area contributed by atoms with Crippen LogP contribution in [0.15, 0.2) is 53.5 Å². The number of aliphatic imine (C=N–C) groups is 1. The second kappa shape index (κ2) is 9.72. The standard InChI is InChI=1S/C21H23N5O5/c22-21(23)24-17-4-2-1-3-16(17)20(30)31-15-7-5-14(6-8-15)19(29)26-11-9-25(10-12-26)13-18(27)28/h1-8H,9-13H2,(H,27,28)(H4,22,23,24). The zero-order chi connectivity index (χ0) is 22.4. The van der Waals surface area contributed by atoms with Crippen molar-refractivity contribution in [3.05, 3.63) is 59.7 Å². The molecule has 1 aliphatic heterocycles. The number of rotatable bonds is 6. The van der Waals surface area contributed by atoms with Crippen LogP contribution in [-0.2, 0) is 4.79 Å². The molecule has 0 unspecified atom stereocenters. The van der Waals surface area contributed by atoms with Crippen LogP contribution in [-0.4, -0.2) is 71.4 Å². The molecule has 1 saturated heterocycles. The molecular formula is C21H23N5O5. The van der Waals surface area contributed by atoms with Crippen LogP contribution in [0.2, 0.25) is 0 Å². The number of carboxylic acid groups (broad SMARTS) is 1. The van der Waals surface area contributed by atoms with Gasteiger partial charge in [0.25, 0.3) is 5.91 Å². The lowest BCUT2D eigenvalue weighted by Crippen LogP contribution is -2.49. The van der Waals surface area contributed by atoms with Crippen molar-refractivity contribution < 1.29 is 24.2 Å². The van der Waals surface area contributed by atoms with E-state index >= 15 is 0 Å². The van der Waals surface area contributed by atoms with Crippen LogP contribution >= 0.6 is 0 Å². The highest BCUT2D eigenvalue weighted by molar-refractivity contribution is 5.98. The fourth-order valence-corrected chi connectivity index (χ4v) is 3.19. The summed E-state index contributed by atoms with van der Waals surface area (Å²) in [6, 6.07) is 12.7. The monoisotopic (exact) mass is 425 g/mol. The van der Waals surface area contributed by atoms with Crippen molar-refractivity contribution in [1.29, 1.82) is 0 Å². The Labute approximate surface area is 178 Å². The van der Waals surface area contributed by atoms with Crippen molar-refractivity contribution in [3.63, 3.8) is 0 Å². The molecule has 1 amide bonds. The maximum Gasteiger partial charge on any atom is 0.345 e. The van der Waals surface area contributed by atoms with Crippen molar-refractivity contribution >= 4 is 29.5 Å². The lowest BCUT2D eigenvalue weighted by atomic mass is 10.1. The first kappa shape index (κ1) is 21.8. The van der Waals surface area contributed by atoms with Crippen molar-refractivity contribution in [2.45, 2.75) is 0 Å². The number of para-hydroxylation sites is 1. The summed E-state index contributed by atoms with van der Waals surface area (Å²) in [7, 11) is 0. The molecule has 1 aliphatic rings. The quantitative estimate of drug-likeness (QED) is 0.264. The van der Waals surface area contributed by atoms with E-state index in [1.807, 2.05) is 0 Å². The van der Waals surface area contributed by atoms with Crippen LogP contribution in [0.1, 0.15) is 20.7 Å².